The standard InChI is InChI=1S/C14H20N2O3/c1-9(13(18)16-14(2,3)4)19-11-7-5-10(6-8-11)12(15)17/h5-9H,1-4H3,(H2,15,17)(H,16,18)/t9-/m1/s1. The third kappa shape index (κ3) is 4.99. The van der Waals surface area contributed by atoms with Crippen molar-refractivity contribution >= 4 is 11.8 Å². The maximum Gasteiger partial charge on any atom is 0.261 e. The lowest BCUT2D eigenvalue weighted by Gasteiger charge is -2.23. The molecule has 0 saturated heterocycles. The smallest absolute Gasteiger partial charge is 0.261 e. The number of primary amides is 1. The number of carbonyl (C=O) groups excluding carboxylic acids is 2. The van der Waals surface area contributed by atoms with Crippen molar-refractivity contribution < 1.29 is 14.3 Å². The molecule has 1 atom stereocenters. The fraction of sp³-hybridized carbons (Fsp3) is 0.429. The van der Waals surface area contributed by atoms with Crippen LogP contribution in [0.1, 0.15) is 38.1 Å². The molecule has 0 heterocycles. The second-order valence-electron chi connectivity index (χ2n) is 5.39. The molecule has 0 aromatic heterocycles. The highest BCUT2D eigenvalue weighted by atomic mass is 16.5. The first kappa shape index (κ1) is 15.0. The van der Waals surface area contributed by atoms with Crippen LogP contribution in [0.3, 0.4) is 0 Å². The summed E-state index contributed by atoms with van der Waals surface area (Å²) in [5, 5.41) is 2.83. The van der Waals surface area contributed by atoms with Gasteiger partial charge in [-0.3, -0.25) is 9.59 Å². The van der Waals surface area contributed by atoms with Gasteiger partial charge in [-0.05, 0) is 52.0 Å². The molecule has 0 aliphatic carbocycles. The summed E-state index contributed by atoms with van der Waals surface area (Å²) in [7, 11) is 0. The van der Waals surface area contributed by atoms with Crippen molar-refractivity contribution in [2.75, 3.05) is 0 Å². The van der Waals surface area contributed by atoms with Gasteiger partial charge in [-0.2, -0.15) is 0 Å². The van der Waals surface area contributed by atoms with Crippen LogP contribution in [0.15, 0.2) is 24.3 Å². The number of rotatable bonds is 4. The molecular formula is C14H20N2O3. The highest BCUT2D eigenvalue weighted by molar-refractivity contribution is 5.92. The second kappa shape index (κ2) is 5.73. The van der Waals surface area contributed by atoms with Crippen molar-refractivity contribution in [3.8, 4) is 5.75 Å². The predicted molar refractivity (Wildman–Crippen MR) is 72.9 cm³/mol. The van der Waals surface area contributed by atoms with Gasteiger partial charge in [0.25, 0.3) is 5.91 Å². The van der Waals surface area contributed by atoms with Gasteiger partial charge >= 0.3 is 0 Å². The van der Waals surface area contributed by atoms with Crippen LogP contribution in [0.25, 0.3) is 0 Å². The number of hydrogen-bond acceptors (Lipinski definition) is 3. The zero-order chi connectivity index (χ0) is 14.6. The summed E-state index contributed by atoms with van der Waals surface area (Å²) in [6.45, 7) is 7.38. The van der Waals surface area contributed by atoms with Crippen molar-refractivity contribution in [3.63, 3.8) is 0 Å². The summed E-state index contributed by atoms with van der Waals surface area (Å²) in [4.78, 5) is 22.7. The number of carbonyl (C=O) groups is 2. The van der Waals surface area contributed by atoms with Crippen molar-refractivity contribution in [2.45, 2.75) is 39.3 Å². The van der Waals surface area contributed by atoms with Crippen LogP contribution >= 0.6 is 0 Å². The highest BCUT2D eigenvalue weighted by Gasteiger charge is 2.20. The van der Waals surface area contributed by atoms with Crippen molar-refractivity contribution in [3.05, 3.63) is 29.8 Å². The fourth-order valence-corrected chi connectivity index (χ4v) is 1.43. The van der Waals surface area contributed by atoms with Gasteiger partial charge in [0.15, 0.2) is 6.10 Å². The molecule has 1 rings (SSSR count). The summed E-state index contributed by atoms with van der Waals surface area (Å²) < 4.78 is 5.49. The summed E-state index contributed by atoms with van der Waals surface area (Å²) >= 11 is 0. The molecule has 0 bridgehead atoms. The van der Waals surface area contributed by atoms with Gasteiger partial charge in [0.1, 0.15) is 5.75 Å². The molecule has 0 radical (unpaired) electrons. The molecular weight excluding hydrogens is 244 g/mol. The second-order valence-corrected chi connectivity index (χ2v) is 5.39. The number of nitrogens with one attached hydrogen (secondary N) is 1. The van der Waals surface area contributed by atoms with Gasteiger partial charge in [-0.1, -0.05) is 0 Å². The topological polar surface area (TPSA) is 81.4 Å². The van der Waals surface area contributed by atoms with E-state index < -0.39 is 12.0 Å². The molecule has 104 valence electrons. The SMILES string of the molecule is C[C@@H](Oc1ccc(C(N)=O)cc1)C(=O)NC(C)(C)C. The number of hydrogen-bond donors (Lipinski definition) is 2. The van der Waals surface area contributed by atoms with Crippen molar-refractivity contribution in [1.29, 1.82) is 0 Å². The monoisotopic (exact) mass is 264 g/mol. The van der Waals surface area contributed by atoms with Crippen molar-refractivity contribution in [1.82, 2.24) is 5.32 Å². The molecule has 0 aliphatic rings. The largest absolute Gasteiger partial charge is 0.481 e. The molecule has 2 amide bonds. The minimum absolute atomic E-state index is 0.188. The minimum atomic E-state index is -0.612. The van der Waals surface area contributed by atoms with Crippen LogP contribution < -0.4 is 15.8 Å². The molecule has 0 aliphatic heterocycles. The molecule has 0 spiro atoms. The molecule has 0 unspecified atom stereocenters. The lowest BCUT2D eigenvalue weighted by Crippen LogP contribution is -2.46. The van der Waals surface area contributed by atoms with Gasteiger partial charge in [0, 0.05) is 11.1 Å². The molecule has 1 aromatic rings. The summed E-state index contributed by atoms with van der Waals surface area (Å²) in [6, 6.07) is 6.35. The van der Waals surface area contributed by atoms with Gasteiger partial charge in [-0.25, -0.2) is 0 Å². The van der Waals surface area contributed by atoms with Crippen LogP contribution in [0, 0.1) is 0 Å². The summed E-state index contributed by atoms with van der Waals surface area (Å²) in [5.41, 5.74) is 5.24. The first-order valence-electron chi connectivity index (χ1n) is 6.07. The number of nitrogens with two attached hydrogens (primary N) is 1. The third-order valence-corrected chi connectivity index (χ3v) is 2.32. The molecule has 5 nitrogen and oxygen atoms in total. The Morgan fingerprint density at radius 3 is 2.16 bits per heavy atom. The summed E-state index contributed by atoms with van der Waals surface area (Å²) in [5.74, 6) is -0.168. The Morgan fingerprint density at radius 2 is 1.74 bits per heavy atom. The average Bonchev–Trinajstić information content (AvgIpc) is 2.27. The zero-order valence-corrected chi connectivity index (χ0v) is 11.7. The molecule has 19 heavy (non-hydrogen) atoms. The quantitative estimate of drug-likeness (QED) is 0.864. The Labute approximate surface area is 113 Å². The Morgan fingerprint density at radius 1 is 1.21 bits per heavy atom. The molecule has 0 fully saturated rings. The lowest BCUT2D eigenvalue weighted by atomic mass is 10.1. The van der Waals surface area contributed by atoms with E-state index in [1.165, 1.54) is 0 Å². The van der Waals surface area contributed by atoms with E-state index in [4.69, 9.17) is 10.5 Å². The number of ether oxygens (including phenoxy) is 1. The molecule has 0 saturated carbocycles. The Kier molecular flexibility index (Phi) is 4.53. The molecule has 1 aromatic carbocycles. The lowest BCUT2D eigenvalue weighted by molar-refractivity contribution is -0.128. The third-order valence-electron chi connectivity index (χ3n) is 2.32. The van der Waals surface area contributed by atoms with Crippen molar-refractivity contribution in [2.24, 2.45) is 5.73 Å². The Bertz CT molecular complexity index is 461. The van der Waals surface area contributed by atoms with E-state index in [2.05, 4.69) is 5.32 Å². The normalized spacial score (nSPS) is 12.6. The van der Waals surface area contributed by atoms with Gasteiger partial charge in [0.2, 0.25) is 5.91 Å². The Hall–Kier alpha value is -2.04. The molecule has 5 heteroatoms. The van der Waals surface area contributed by atoms with E-state index in [-0.39, 0.29) is 11.4 Å². The van der Waals surface area contributed by atoms with Gasteiger partial charge < -0.3 is 15.8 Å². The first-order chi connectivity index (χ1) is 8.69. The maximum atomic E-state index is 11.8. The number of amides is 2. The summed E-state index contributed by atoms with van der Waals surface area (Å²) in [6.07, 6.45) is -0.612. The minimum Gasteiger partial charge on any atom is -0.481 e. The van der Waals surface area contributed by atoms with Gasteiger partial charge in [-0.15, -0.1) is 0 Å². The van der Waals surface area contributed by atoms with Crippen LogP contribution in [0.5, 0.6) is 5.75 Å². The van der Waals surface area contributed by atoms with E-state index >= 15 is 0 Å². The Balaban J connectivity index is 2.64. The number of benzene rings is 1. The van der Waals surface area contributed by atoms with E-state index in [1.807, 2.05) is 20.8 Å². The van der Waals surface area contributed by atoms with E-state index in [0.717, 1.165) is 0 Å². The van der Waals surface area contributed by atoms with E-state index in [1.54, 1.807) is 31.2 Å². The zero-order valence-electron chi connectivity index (χ0n) is 11.7. The molecule has 3 N–H and O–H groups in total. The first-order valence-corrected chi connectivity index (χ1v) is 6.07. The van der Waals surface area contributed by atoms with Crippen LogP contribution in [-0.2, 0) is 4.79 Å². The van der Waals surface area contributed by atoms with Crippen LogP contribution in [-0.4, -0.2) is 23.5 Å². The fourth-order valence-electron chi connectivity index (χ4n) is 1.43. The van der Waals surface area contributed by atoms with E-state index in [0.29, 0.717) is 11.3 Å². The average molecular weight is 264 g/mol. The maximum absolute atomic E-state index is 11.8. The van der Waals surface area contributed by atoms with Crippen LogP contribution in [0.4, 0.5) is 0 Å². The van der Waals surface area contributed by atoms with E-state index in [9.17, 15) is 9.59 Å². The predicted octanol–water partition coefficient (Wildman–Crippen LogP) is 1.47. The van der Waals surface area contributed by atoms with Gasteiger partial charge in [0.05, 0.1) is 0 Å². The highest BCUT2D eigenvalue weighted by Crippen LogP contribution is 2.14. The van der Waals surface area contributed by atoms with Crippen LogP contribution in [0.2, 0.25) is 0 Å².